The summed E-state index contributed by atoms with van der Waals surface area (Å²) in [5.41, 5.74) is 2.44. The van der Waals surface area contributed by atoms with Crippen molar-refractivity contribution in [2.45, 2.75) is 26.3 Å². The van der Waals surface area contributed by atoms with Gasteiger partial charge in [0.15, 0.2) is 11.5 Å². The number of aliphatic carboxylic acids is 1. The van der Waals surface area contributed by atoms with Crippen LogP contribution in [-0.4, -0.2) is 29.8 Å². The molecule has 5 nitrogen and oxygen atoms in total. The summed E-state index contributed by atoms with van der Waals surface area (Å²) in [4.78, 5) is 9.00. The molecule has 3 N–H and O–H groups in total. The standard InChI is InChI=1S/C11H15NO2.C2H4O2/c1-7-9-6-11(14-2)10(13)5-8(9)3-4-12-7;1-2(3)4/h5-7,12-13H,3-4H2,1-2H3;1H3,(H,3,4)/t7-;/m1./s1. The number of phenolic OH excluding ortho intramolecular Hbond substituents is 1. The zero-order valence-electron chi connectivity index (χ0n) is 10.9. The number of ether oxygens (including phenoxy) is 1. The molecule has 18 heavy (non-hydrogen) atoms. The van der Waals surface area contributed by atoms with Crippen LogP contribution in [0.4, 0.5) is 0 Å². The van der Waals surface area contributed by atoms with Gasteiger partial charge in [0.05, 0.1) is 7.11 Å². The number of methoxy groups -OCH3 is 1. The van der Waals surface area contributed by atoms with Crippen LogP contribution >= 0.6 is 0 Å². The predicted molar refractivity (Wildman–Crippen MR) is 68.1 cm³/mol. The third-order valence-corrected chi connectivity index (χ3v) is 2.75. The number of hydrogen-bond acceptors (Lipinski definition) is 4. The Morgan fingerprint density at radius 1 is 1.50 bits per heavy atom. The number of hydrogen-bond donors (Lipinski definition) is 3. The fraction of sp³-hybridized carbons (Fsp3) is 0.462. The lowest BCUT2D eigenvalue weighted by Gasteiger charge is -2.24. The normalized spacial score (nSPS) is 17.2. The fourth-order valence-corrected chi connectivity index (χ4v) is 1.94. The summed E-state index contributed by atoms with van der Waals surface area (Å²) in [6, 6.07) is 4.07. The first-order chi connectivity index (χ1) is 8.45. The second-order valence-electron chi connectivity index (χ2n) is 4.17. The SMILES string of the molecule is CC(=O)O.COc1cc2c(cc1O)CCN[C@@H]2C. The lowest BCUT2D eigenvalue weighted by Crippen LogP contribution is -2.27. The minimum Gasteiger partial charge on any atom is -0.504 e. The summed E-state index contributed by atoms with van der Waals surface area (Å²) in [6.07, 6.45) is 0.969. The van der Waals surface area contributed by atoms with Gasteiger partial charge in [-0.1, -0.05) is 0 Å². The lowest BCUT2D eigenvalue weighted by atomic mass is 9.95. The number of carboxylic acid groups (broad SMARTS) is 1. The lowest BCUT2D eigenvalue weighted by molar-refractivity contribution is -0.134. The number of carbonyl (C=O) groups is 1. The van der Waals surface area contributed by atoms with Gasteiger partial charge < -0.3 is 20.3 Å². The Bertz CT molecular complexity index is 427. The zero-order valence-corrected chi connectivity index (χ0v) is 10.9. The van der Waals surface area contributed by atoms with Gasteiger partial charge in [-0.05, 0) is 43.1 Å². The second-order valence-corrected chi connectivity index (χ2v) is 4.17. The first kappa shape index (κ1) is 14.3. The summed E-state index contributed by atoms with van der Waals surface area (Å²) >= 11 is 0. The van der Waals surface area contributed by atoms with Crippen molar-refractivity contribution in [1.29, 1.82) is 0 Å². The predicted octanol–water partition coefficient (Wildman–Crippen LogP) is 1.70. The molecule has 0 aliphatic carbocycles. The molecule has 0 saturated heterocycles. The monoisotopic (exact) mass is 253 g/mol. The van der Waals surface area contributed by atoms with E-state index < -0.39 is 5.97 Å². The summed E-state index contributed by atoms with van der Waals surface area (Å²) in [5.74, 6) is -0.0420. The highest BCUT2D eigenvalue weighted by atomic mass is 16.5. The molecule has 0 saturated carbocycles. The first-order valence-corrected chi connectivity index (χ1v) is 5.78. The molecule has 100 valence electrons. The minimum atomic E-state index is -0.833. The van der Waals surface area contributed by atoms with Crippen molar-refractivity contribution in [2.24, 2.45) is 0 Å². The van der Waals surface area contributed by atoms with E-state index in [1.54, 1.807) is 7.11 Å². The largest absolute Gasteiger partial charge is 0.504 e. The molecular formula is C13H19NO4. The molecule has 2 rings (SSSR count). The Balaban J connectivity index is 0.000000357. The number of fused-ring (bicyclic) bond motifs is 1. The smallest absolute Gasteiger partial charge is 0.300 e. The minimum absolute atomic E-state index is 0.236. The van der Waals surface area contributed by atoms with Crippen LogP contribution in [0.2, 0.25) is 0 Å². The van der Waals surface area contributed by atoms with Gasteiger partial charge in [0.25, 0.3) is 5.97 Å². The molecule has 5 heteroatoms. The highest BCUT2D eigenvalue weighted by Gasteiger charge is 2.18. The topological polar surface area (TPSA) is 78.8 Å². The Hall–Kier alpha value is -1.75. The second kappa shape index (κ2) is 6.26. The summed E-state index contributed by atoms with van der Waals surface area (Å²) in [6.45, 7) is 4.18. The zero-order chi connectivity index (χ0) is 13.7. The maximum absolute atomic E-state index is 9.61. The van der Waals surface area contributed by atoms with Crippen molar-refractivity contribution in [1.82, 2.24) is 5.32 Å². The van der Waals surface area contributed by atoms with Crippen molar-refractivity contribution >= 4 is 5.97 Å². The molecule has 1 aliphatic rings. The van der Waals surface area contributed by atoms with Gasteiger partial charge in [-0.3, -0.25) is 4.79 Å². The Morgan fingerprint density at radius 3 is 2.67 bits per heavy atom. The average molecular weight is 253 g/mol. The van der Waals surface area contributed by atoms with Crippen LogP contribution < -0.4 is 10.1 Å². The number of aromatic hydroxyl groups is 1. The van der Waals surface area contributed by atoms with Gasteiger partial charge in [-0.25, -0.2) is 0 Å². The van der Waals surface area contributed by atoms with Gasteiger partial charge in [0.2, 0.25) is 0 Å². The number of benzene rings is 1. The van der Waals surface area contributed by atoms with Crippen LogP contribution in [0.5, 0.6) is 11.5 Å². The summed E-state index contributed by atoms with van der Waals surface area (Å²) in [5, 5.41) is 20.4. The maximum Gasteiger partial charge on any atom is 0.300 e. The van der Waals surface area contributed by atoms with Crippen LogP contribution in [0.15, 0.2) is 12.1 Å². The Labute approximate surface area is 106 Å². The molecule has 0 aromatic heterocycles. The van der Waals surface area contributed by atoms with Gasteiger partial charge in [-0.2, -0.15) is 0 Å². The number of phenols is 1. The van der Waals surface area contributed by atoms with Gasteiger partial charge in [0, 0.05) is 13.0 Å². The average Bonchev–Trinajstić information content (AvgIpc) is 2.28. The van der Waals surface area contributed by atoms with E-state index in [9.17, 15) is 5.11 Å². The molecule has 0 radical (unpaired) electrons. The molecule has 0 spiro atoms. The molecule has 1 aromatic rings. The molecule has 0 bridgehead atoms. The number of carboxylic acids is 1. The fourth-order valence-electron chi connectivity index (χ4n) is 1.94. The summed E-state index contributed by atoms with van der Waals surface area (Å²) < 4.78 is 5.08. The van der Waals surface area contributed by atoms with E-state index in [4.69, 9.17) is 14.6 Å². The highest BCUT2D eigenvalue weighted by molar-refractivity contribution is 5.62. The third kappa shape index (κ3) is 3.63. The van der Waals surface area contributed by atoms with E-state index in [1.165, 1.54) is 11.1 Å². The van der Waals surface area contributed by atoms with E-state index >= 15 is 0 Å². The van der Waals surface area contributed by atoms with Gasteiger partial charge in [0.1, 0.15) is 0 Å². The van der Waals surface area contributed by atoms with E-state index in [0.717, 1.165) is 19.9 Å². The molecule has 0 unspecified atom stereocenters. The van der Waals surface area contributed by atoms with Crippen molar-refractivity contribution in [3.8, 4) is 11.5 Å². The van der Waals surface area contributed by atoms with E-state index in [0.29, 0.717) is 11.8 Å². The van der Waals surface area contributed by atoms with Crippen molar-refractivity contribution in [3.63, 3.8) is 0 Å². The van der Waals surface area contributed by atoms with Crippen LogP contribution in [-0.2, 0) is 11.2 Å². The highest BCUT2D eigenvalue weighted by Crippen LogP contribution is 2.33. The molecular weight excluding hydrogens is 234 g/mol. The molecule has 0 fully saturated rings. The van der Waals surface area contributed by atoms with Crippen molar-refractivity contribution in [2.75, 3.05) is 13.7 Å². The number of nitrogens with one attached hydrogen (secondary N) is 1. The molecule has 1 aromatic carbocycles. The van der Waals surface area contributed by atoms with E-state index in [2.05, 4.69) is 12.2 Å². The summed E-state index contributed by atoms with van der Waals surface area (Å²) in [7, 11) is 1.57. The van der Waals surface area contributed by atoms with Crippen molar-refractivity contribution < 1.29 is 19.7 Å². The molecule has 1 heterocycles. The van der Waals surface area contributed by atoms with Crippen LogP contribution in [0.1, 0.15) is 31.0 Å². The van der Waals surface area contributed by atoms with E-state index in [-0.39, 0.29) is 5.75 Å². The Kier molecular flexibility index (Phi) is 4.97. The number of rotatable bonds is 1. The maximum atomic E-state index is 9.61. The molecule has 0 amide bonds. The first-order valence-electron chi connectivity index (χ1n) is 5.78. The van der Waals surface area contributed by atoms with Gasteiger partial charge >= 0.3 is 0 Å². The third-order valence-electron chi connectivity index (χ3n) is 2.75. The van der Waals surface area contributed by atoms with E-state index in [1.807, 2.05) is 12.1 Å². The quantitative estimate of drug-likeness (QED) is 0.710. The van der Waals surface area contributed by atoms with Crippen LogP contribution in [0, 0.1) is 0 Å². The Morgan fingerprint density at radius 2 is 2.11 bits per heavy atom. The van der Waals surface area contributed by atoms with Crippen molar-refractivity contribution in [3.05, 3.63) is 23.3 Å². The molecule has 1 atom stereocenters. The van der Waals surface area contributed by atoms with Crippen LogP contribution in [0.25, 0.3) is 0 Å². The van der Waals surface area contributed by atoms with Crippen LogP contribution in [0.3, 0.4) is 0 Å². The van der Waals surface area contributed by atoms with Gasteiger partial charge in [-0.15, -0.1) is 0 Å². The molecule has 1 aliphatic heterocycles.